The quantitative estimate of drug-likeness (QED) is 0.605. The number of aryl methyl sites for hydroxylation is 1. The molecular formula is C26H37N3O3. The van der Waals surface area contributed by atoms with Gasteiger partial charge in [0, 0.05) is 25.3 Å². The maximum absolute atomic E-state index is 12.4. The Kier molecular flexibility index (Phi) is 5.53. The molecule has 6 atom stereocenters. The summed E-state index contributed by atoms with van der Waals surface area (Å²) in [5.74, 6) is 2.48. The number of hydrogen-bond acceptors (Lipinski definition) is 5. The third kappa shape index (κ3) is 3.28. The van der Waals surface area contributed by atoms with Gasteiger partial charge in [-0.2, -0.15) is 0 Å². The highest BCUT2D eigenvalue weighted by Gasteiger charge is 2.66. The van der Waals surface area contributed by atoms with E-state index in [2.05, 4.69) is 24.2 Å². The molecule has 4 aliphatic rings. The maximum Gasteiger partial charge on any atom is 0.303 e. The number of allylic oxidation sites excluding steroid dienone is 1. The van der Waals surface area contributed by atoms with Crippen LogP contribution in [0.3, 0.4) is 0 Å². The van der Waals surface area contributed by atoms with Crippen molar-refractivity contribution in [1.82, 2.24) is 15.0 Å². The SMILES string of the molecule is CCCCn1cc([C@]2(OC(C)=O)CCC3C4CCC5=CC(=O)CC[C@@H]5C4CC[C@@]32C)nn1. The van der Waals surface area contributed by atoms with Gasteiger partial charge in [0.15, 0.2) is 11.4 Å². The summed E-state index contributed by atoms with van der Waals surface area (Å²) >= 11 is 0. The van der Waals surface area contributed by atoms with Gasteiger partial charge >= 0.3 is 5.97 Å². The van der Waals surface area contributed by atoms with E-state index in [-0.39, 0.29) is 11.4 Å². The molecule has 0 aliphatic heterocycles. The van der Waals surface area contributed by atoms with E-state index in [1.165, 1.54) is 12.5 Å². The van der Waals surface area contributed by atoms with Crippen LogP contribution in [0.2, 0.25) is 0 Å². The molecule has 1 heterocycles. The van der Waals surface area contributed by atoms with E-state index in [0.29, 0.717) is 35.9 Å². The van der Waals surface area contributed by atoms with Crippen molar-refractivity contribution < 1.29 is 14.3 Å². The molecule has 6 heteroatoms. The summed E-state index contributed by atoms with van der Waals surface area (Å²) in [5.41, 5.74) is 1.44. The number of carbonyl (C=O) groups is 2. The average Bonchev–Trinajstić information content (AvgIpc) is 3.35. The lowest BCUT2D eigenvalue weighted by Gasteiger charge is -2.55. The van der Waals surface area contributed by atoms with Crippen LogP contribution in [0.15, 0.2) is 17.8 Å². The lowest BCUT2D eigenvalue weighted by Crippen LogP contribution is -2.53. The second-order valence-electron chi connectivity index (χ2n) is 10.9. The van der Waals surface area contributed by atoms with Gasteiger partial charge in [-0.3, -0.25) is 14.3 Å². The van der Waals surface area contributed by atoms with E-state index in [0.717, 1.165) is 70.0 Å². The monoisotopic (exact) mass is 439 g/mol. The summed E-state index contributed by atoms with van der Waals surface area (Å²) in [4.78, 5) is 24.3. The third-order valence-corrected chi connectivity index (χ3v) is 9.43. The molecule has 0 spiro atoms. The van der Waals surface area contributed by atoms with Crippen molar-refractivity contribution in [2.45, 2.75) is 97.1 Å². The fraction of sp³-hybridized carbons (Fsp3) is 0.769. The number of hydrogen-bond donors (Lipinski definition) is 0. The lowest BCUT2D eigenvalue weighted by molar-refractivity contribution is -0.184. The fourth-order valence-electron chi connectivity index (χ4n) is 7.98. The minimum absolute atomic E-state index is 0.128. The highest BCUT2D eigenvalue weighted by Crippen LogP contribution is 2.68. The van der Waals surface area contributed by atoms with Crippen LogP contribution in [0.1, 0.15) is 90.7 Å². The molecule has 3 fully saturated rings. The van der Waals surface area contributed by atoms with Gasteiger partial charge in [0.1, 0.15) is 5.69 Å². The number of ketones is 1. The number of ether oxygens (including phenoxy) is 1. The number of carbonyl (C=O) groups excluding carboxylic acids is 2. The number of rotatable bonds is 5. The molecule has 32 heavy (non-hydrogen) atoms. The summed E-state index contributed by atoms with van der Waals surface area (Å²) in [6.07, 6.45) is 14.2. The van der Waals surface area contributed by atoms with Crippen LogP contribution < -0.4 is 0 Å². The Morgan fingerprint density at radius 2 is 2.03 bits per heavy atom. The van der Waals surface area contributed by atoms with Gasteiger partial charge < -0.3 is 4.74 Å². The number of aromatic nitrogens is 3. The van der Waals surface area contributed by atoms with Gasteiger partial charge in [-0.05, 0) is 81.1 Å². The molecule has 174 valence electrons. The molecule has 0 bridgehead atoms. The molecule has 3 unspecified atom stereocenters. The Labute approximate surface area is 191 Å². The molecule has 4 aliphatic carbocycles. The van der Waals surface area contributed by atoms with E-state index in [9.17, 15) is 9.59 Å². The largest absolute Gasteiger partial charge is 0.452 e. The maximum atomic E-state index is 12.4. The summed E-state index contributed by atoms with van der Waals surface area (Å²) in [5, 5.41) is 8.98. The number of esters is 1. The first-order valence-electron chi connectivity index (χ1n) is 12.7. The molecule has 1 aromatic rings. The Balaban J connectivity index is 1.47. The van der Waals surface area contributed by atoms with Gasteiger partial charge in [-0.15, -0.1) is 5.10 Å². The van der Waals surface area contributed by atoms with Gasteiger partial charge in [-0.1, -0.05) is 31.1 Å². The molecule has 0 aromatic carbocycles. The highest BCUT2D eigenvalue weighted by atomic mass is 16.6. The molecule has 0 saturated heterocycles. The summed E-state index contributed by atoms with van der Waals surface area (Å²) in [7, 11) is 0. The molecule has 0 N–H and O–H groups in total. The first-order chi connectivity index (χ1) is 15.4. The van der Waals surface area contributed by atoms with Crippen LogP contribution in [0, 0.1) is 29.1 Å². The molecule has 1 aromatic heterocycles. The Morgan fingerprint density at radius 1 is 1.19 bits per heavy atom. The molecule has 6 nitrogen and oxygen atoms in total. The highest BCUT2D eigenvalue weighted by molar-refractivity contribution is 5.91. The molecule has 0 amide bonds. The summed E-state index contributed by atoms with van der Waals surface area (Å²) in [6, 6.07) is 0. The molecule has 5 rings (SSSR count). The number of nitrogens with zero attached hydrogens (tertiary/aromatic N) is 3. The smallest absolute Gasteiger partial charge is 0.303 e. The van der Waals surface area contributed by atoms with Crippen LogP contribution in [-0.2, 0) is 26.5 Å². The van der Waals surface area contributed by atoms with Crippen molar-refractivity contribution in [1.29, 1.82) is 0 Å². The van der Waals surface area contributed by atoms with Crippen molar-refractivity contribution in [3.63, 3.8) is 0 Å². The standard InChI is InChI=1S/C26H37N3O3/c1-4-5-14-29-16-24(27-28-29)26(32-17(2)30)13-11-23-22-8-6-18-15-19(31)7-9-20(18)21(22)10-12-25(23,26)3/h15-16,20-23H,4-14H2,1-3H3/t20-,21?,22?,23?,25-,26+/m0/s1. The summed E-state index contributed by atoms with van der Waals surface area (Å²) < 4.78 is 8.18. The number of fused-ring (bicyclic) bond motifs is 5. The average molecular weight is 440 g/mol. The van der Waals surface area contributed by atoms with Crippen LogP contribution in [-0.4, -0.2) is 26.7 Å². The second kappa shape index (κ2) is 8.11. The third-order valence-electron chi connectivity index (χ3n) is 9.43. The molecule has 3 saturated carbocycles. The van der Waals surface area contributed by atoms with Gasteiger partial charge in [-0.25, -0.2) is 0 Å². The van der Waals surface area contributed by atoms with E-state index in [1.807, 2.05) is 17.0 Å². The Morgan fingerprint density at radius 3 is 2.81 bits per heavy atom. The molecule has 0 radical (unpaired) electrons. The normalized spacial score (nSPS) is 38.5. The van der Waals surface area contributed by atoms with Crippen molar-refractivity contribution in [3.05, 3.63) is 23.5 Å². The minimum atomic E-state index is -0.683. The van der Waals surface area contributed by atoms with Crippen molar-refractivity contribution >= 4 is 11.8 Å². The first-order valence-corrected chi connectivity index (χ1v) is 12.7. The Bertz CT molecular complexity index is 937. The van der Waals surface area contributed by atoms with E-state index in [4.69, 9.17) is 4.74 Å². The van der Waals surface area contributed by atoms with Gasteiger partial charge in [0.05, 0.1) is 6.20 Å². The number of unbranched alkanes of at least 4 members (excludes halogenated alkanes) is 1. The van der Waals surface area contributed by atoms with Crippen molar-refractivity contribution in [2.24, 2.45) is 29.1 Å². The van der Waals surface area contributed by atoms with Gasteiger partial charge in [0.2, 0.25) is 0 Å². The zero-order valence-corrected chi connectivity index (χ0v) is 19.8. The van der Waals surface area contributed by atoms with E-state index < -0.39 is 5.60 Å². The summed E-state index contributed by atoms with van der Waals surface area (Å²) in [6.45, 7) is 6.90. The zero-order chi connectivity index (χ0) is 22.5. The Hall–Kier alpha value is -1.98. The van der Waals surface area contributed by atoms with Gasteiger partial charge in [0.25, 0.3) is 0 Å². The van der Waals surface area contributed by atoms with Crippen LogP contribution in [0.5, 0.6) is 0 Å². The van der Waals surface area contributed by atoms with E-state index in [1.54, 1.807) is 0 Å². The van der Waals surface area contributed by atoms with E-state index >= 15 is 0 Å². The second-order valence-corrected chi connectivity index (χ2v) is 10.9. The lowest BCUT2D eigenvalue weighted by atomic mass is 9.50. The van der Waals surface area contributed by atoms with Crippen molar-refractivity contribution in [3.8, 4) is 0 Å². The predicted octanol–water partition coefficient (Wildman–Crippen LogP) is 4.98. The van der Waals surface area contributed by atoms with Crippen LogP contribution in [0.25, 0.3) is 0 Å². The zero-order valence-electron chi connectivity index (χ0n) is 19.8. The molecular weight excluding hydrogens is 402 g/mol. The van der Waals surface area contributed by atoms with Crippen molar-refractivity contribution in [2.75, 3.05) is 0 Å². The minimum Gasteiger partial charge on any atom is -0.452 e. The topological polar surface area (TPSA) is 74.1 Å². The fourth-order valence-corrected chi connectivity index (χ4v) is 7.98. The van der Waals surface area contributed by atoms with Crippen LogP contribution in [0.4, 0.5) is 0 Å². The predicted molar refractivity (Wildman–Crippen MR) is 120 cm³/mol. The van der Waals surface area contributed by atoms with Crippen LogP contribution >= 0.6 is 0 Å². The first kappa shape index (κ1) is 21.8.